The van der Waals surface area contributed by atoms with Crippen LogP contribution in [0.15, 0.2) is 30.3 Å². The lowest BCUT2D eigenvalue weighted by atomic mass is 10.1. The van der Waals surface area contributed by atoms with Crippen molar-refractivity contribution in [3.05, 3.63) is 30.3 Å². The summed E-state index contributed by atoms with van der Waals surface area (Å²) in [6.07, 6.45) is 0.893. The molecule has 1 saturated heterocycles. The van der Waals surface area contributed by atoms with Crippen molar-refractivity contribution in [3.63, 3.8) is 0 Å². The van der Waals surface area contributed by atoms with E-state index in [1.165, 1.54) is 0 Å². The summed E-state index contributed by atoms with van der Waals surface area (Å²) < 4.78 is 0. The van der Waals surface area contributed by atoms with Gasteiger partial charge in [0.15, 0.2) is 0 Å². The van der Waals surface area contributed by atoms with Crippen LogP contribution in [0.1, 0.15) is 19.8 Å². The van der Waals surface area contributed by atoms with Crippen LogP contribution < -0.4 is 10.2 Å². The van der Waals surface area contributed by atoms with Crippen molar-refractivity contribution < 1.29 is 19.5 Å². The monoisotopic (exact) mass is 302 g/mol. The van der Waals surface area contributed by atoms with E-state index in [2.05, 4.69) is 5.32 Å². The Kier molecular flexibility index (Phi) is 3.60. The third-order valence-electron chi connectivity index (χ3n) is 4.35. The van der Waals surface area contributed by atoms with E-state index in [1.54, 1.807) is 4.90 Å². The molecule has 1 aliphatic heterocycles. The molecule has 0 spiro atoms. The molecule has 2 amide bonds. The number of hydrogen-bond acceptors (Lipinski definition) is 3. The molecular weight excluding hydrogens is 284 g/mol. The number of carbonyl (C=O) groups excluding carboxylic acids is 2. The highest BCUT2D eigenvalue weighted by Gasteiger charge is 2.50. The second-order valence-electron chi connectivity index (χ2n) is 5.98. The number of nitrogens with one attached hydrogen (secondary N) is 1. The van der Waals surface area contributed by atoms with E-state index in [0.717, 1.165) is 5.69 Å². The van der Waals surface area contributed by atoms with Crippen molar-refractivity contribution in [2.45, 2.75) is 31.8 Å². The second kappa shape index (κ2) is 5.44. The Balaban J connectivity index is 1.66. The van der Waals surface area contributed by atoms with Crippen LogP contribution in [-0.2, 0) is 14.4 Å². The number of anilines is 1. The largest absolute Gasteiger partial charge is 0.481 e. The zero-order valence-electron chi connectivity index (χ0n) is 12.2. The SMILES string of the molecule is C[C@@H]1C[C@H](NC(=O)[C@@H]2C[C@@H]2C(=O)O)C(=O)N1c1ccccc1. The number of carboxylic acid groups (broad SMARTS) is 1. The number of hydrogen-bond donors (Lipinski definition) is 2. The molecule has 116 valence electrons. The van der Waals surface area contributed by atoms with Crippen molar-refractivity contribution in [2.75, 3.05) is 4.90 Å². The Morgan fingerprint density at radius 3 is 2.45 bits per heavy atom. The Morgan fingerprint density at radius 2 is 1.86 bits per heavy atom. The van der Waals surface area contributed by atoms with Crippen molar-refractivity contribution >= 4 is 23.5 Å². The fourth-order valence-corrected chi connectivity index (χ4v) is 3.06. The highest BCUT2D eigenvalue weighted by Crippen LogP contribution is 2.39. The first-order chi connectivity index (χ1) is 10.5. The van der Waals surface area contributed by atoms with E-state index < -0.39 is 23.8 Å². The fraction of sp³-hybridized carbons (Fsp3) is 0.438. The molecule has 2 fully saturated rings. The molecule has 6 nitrogen and oxygen atoms in total. The summed E-state index contributed by atoms with van der Waals surface area (Å²) in [6.45, 7) is 1.94. The Labute approximate surface area is 128 Å². The molecule has 3 rings (SSSR count). The zero-order chi connectivity index (χ0) is 15.9. The second-order valence-corrected chi connectivity index (χ2v) is 5.98. The maximum atomic E-state index is 12.5. The normalized spacial score (nSPS) is 30.2. The average molecular weight is 302 g/mol. The van der Waals surface area contributed by atoms with Crippen LogP contribution in [-0.4, -0.2) is 35.0 Å². The Hall–Kier alpha value is -2.37. The molecular formula is C16H18N2O4. The maximum Gasteiger partial charge on any atom is 0.307 e. The third kappa shape index (κ3) is 2.56. The molecule has 0 unspecified atom stereocenters. The molecule has 2 aliphatic rings. The summed E-state index contributed by atoms with van der Waals surface area (Å²) in [4.78, 5) is 37.0. The molecule has 22 heavy (non-hydrogen) atoms. The smallest absolute Gasteiger partial charge is 0.307 e. The number of amides is 2. The first-order valence-corrected chi connectivity index (χ1v) is 7.40. The van der Waals surface area contributed by atoms with E-state index in [1.807, 2.05) is 37.3 Å². The lowest BCUT2D eigenvalue weighted by Crippen LogP contribution is -2.42. The number of rotatable bonds is 4. The number of carbonyl (C=O) groups is 3. The number of benzene rings is 1. The van der Waals surface area contributed by atoms with E-state index in [4.69, 9.17) is 5.11 Å². The molecule has 1 heterocycles. The summed E-state index contributed by atoms with van der Waals surface area (Å²) in [5.41, 5.74) is 0.812. The predicted octanol–water partition coefficient (Wildman–Crippen LogP) is 1.02. The van der Waals surface area contributed by atoms with E-state index in [0.29, 0.717) is 12.8 Å². The minimum Gasteiger partial charge on any atom is -0.481 e. The van der Waals surface area contributed by atoms with Crippen LogP contribution in [0.25, 0.3) is 0 Å². The zero-order valence-corrected chi connectivity index (χ0v) is 12.2. The summed E-state index contributed by atoms with van der Waals surface area (Å²) in [7, 11) is 0. The molecule has 6 heteroatoms. The van der Waals surface area contributed by atoms with Crippen LogP contribution in [0.4, 0.5) is 5.69 Å². The van der Waals surface area contributed by atoms with Gasteiger partial charge in [0.25, 0.3) is 0 Å². The van der Waals surface area contributed by atoms with Crippen molar-refractivity contribution in [2.24, 2.45) is 11.8 Å². The van der Waals surface area contributed by atoms with Gasteiger partial charge in [-0.3, -0.25) is 14.4 Å². The van der Waals surface area contributed by atoms with Crippen LogP contribution in [0.3, 0.4) is 0 Å². The van der Waals surface area contributed by atoms with Gasteiger partial charge in [0, 0.05) is 11.7 Å². The minimum atomic E-state index is -0.947. The van der Waals surface area contributed by atoms with Crippen LogP contribution >= 0.6 is 0 Å². The van der Waals surface area contributed by atoms with Gasteiger partial charge in [-0.2, -0.15) is 0 Å². The quantitative estimate of drug-likeness (QED) is 0.869. The summed E-state index contributed by atoms with van der Waals surface area (Å²) in [5.74, 6) is -2.50. The van der Waals surface area contributed by atoms with Gasteiger partial charge in [-0.1, -0.05) is 18.2 Å². The summed E-state index contributed by atoms with van der Waals surface area (Å²) in [6, 6.07) is 8.76. The van der Waals surface area contributed by atoms with Gasteiger partial charge >= 0.3 is 5.97 Å². The highest BCUT2D eigenvalue weighted by atomic mass is 16.4. The standard InChI is InChI=1S/C16H18N2O4/c1-9-7-13(17-14(19)11-8-12(11)16(21)22)15(20)18(9)10-5-3-2-4-6-10/h2-6,9,11-13H,7-8H2,1H3,(H,17,19)(H,21,22)/t9-,11-,12+,13+/m1/s1. The maximum absolute atomic E-state index is 12.5. The van der Waals surface area contributed by atoms with E-state index in [9.17, 15) is 14.4 Å². The molecule has 0 aromatic heterocycles. The number of nitrogens with zero attached hydrogens (tertiary/aromatic N) is 1. The van der Waals surface area contributed by atoms with Crippen LogP contribution in [0.2, 0.25) is 0 Å². The molecule has 2 N–H and O–H groups in total. The first-order valence-electron chi connectivity index (χ1n) is 7.40. The Morgan fingerprint density at radius 1 is 1.18 bits per heavy atom. The van der Waals surface area contributed by atoms with Gasteiger partial charge in [-0.15, -0.1) is 0 Å². The molecule has 0 bridgehead atoms. The minimum absolute atomic E-state index is 0.00493. The van der Waals surface area contributed by atoms with Gasteiger partial charge in [0.2, 0.25) is 11.8 Å². The molecule has 1 aromatic carbocycles. The average Bonchev–Trinajstić information content (AvgIpc) is 3.23. The van der Waals surface area contributed by atoms with Crippen LogP contribution in [0, 0.1) is 11.8 Å². The topological polar surface area (TPSA) is 86.7 Å². The van der Waals surface area contributed by atoms with Gasteiger partial charge < -0.3 is 15.3 Å². The lowest BCUT2D eigenvalue weighted by molar-refractivity contribution is -0.140. The predicted molar refractivity (Wildman–Crippen MR) is 79.2 cm³/mol. The van der Waals surface area contributed by atoms with Gasteiger partial charge in [0.1, 0.15) is 6.04 Å². The van der Waals surface area contributed by atoms with Gasteiger partial charge in [-0.05, 0) is 31.9 Å². The fourth-order valence-electron chi connectivity index (χ4n) is 3.06. The van der Waals surface area contributed by atoms with Gasteiger partial charge in [-0.25, -0.2) is 0 Å². The highest BCUT2D eigenvalue weighted by molar-refractivity contribution is 6.02. The third-order valence-corrected chi connectivity index (χ3v) is 4.35. The van der Waals surface area contributed by atoms with Crippen molar-refractivity contribution in [1.82, 2.24) is 5.32 Å². The molecule has 0 radical (unpaired) electrons. The molecule has 4 atom stereocenters. The first kappa shape index (κ1) is 14.6. The molecule has 1 aliphatic carbocycles. The Bertz CT molecular complexity index is 616. The van der Waals surface area contributed by atoms with Gasteiger partial charge in [0.05, 0.1) is 11.8 Å². The van der Waals surface area contributed by atoms with Crippen molar-refractivity contribution in [3.8, 4) is 0 Å². The number of para-hydroxylation sites is 1. The van der Waals surface area contributed by atoms with Crippen LogP contribution in [0.5, 0.6) is 0 Å². The number of aliphatic carboxylic acids is 1. The summed E-state index contributed by atoms with van der Waals surface area (Å²) in [5, 5.41) is 11.6. The van der Waals surface area contributed by atoms with Crippen molar-refractivity contribution in [1.29, 1.82) is 0 Å². The summed E-state index contributed by atoms with van der Waals surface area (Å²) >= 11 is 0. The molecule has 1 saturated carbocycles. The van der Waals surface area contributed by atoms with E-state index >= 15 is 0 Å². The number of carboxylic acids is 1. The lowest BCUT2D eigenvalue weighted by Gasteiger charge is -2.21. The van der Waals surface area contributed by atoms with E-state index in [-0.39, 0.29) is 17.9 Å². The molecule has 1 aromatic rings.